The van der Waals surface area contributed by atoms with Crippen LogP contribution in [0, 0.1) is 6.92 Å². The van der Waals surface area contributed by atoms with E-state index in [4.69, 9.17) is 4.74 Å². The van der Waals surface area contributed by atoms with Crippen LogP contribution in [0.15, 0.2) is 65.8 Å². The minimum atomic E-state index is -3.58. The highest BCUT2D eigenvalue weighted by molar-refractivity contribution is 7.89. The number of sulfonamides is 1. The van der Waals surface area contributed by atoms with Gasteiger partial charge in [0.05, 0.1) is 18.1 Å². The van der Waals surface area contributed by atoms with E-state index in [1.54, 1.807) is 23.2 Å². The van der Waals surface area contributed by atoms with Crippen molar-refractivity contribution in [3.8, 4) is 5.69 Å². The molecular weight excluding hydrogens is 466 g/mol. The molecule has 0 aliphatic carbocycles. The zero-order valence-corrected chi connectivity index (χ0v) is 20.5. The number of aromatic nitrogens is 2. The van der Waals surface area contributed by atoms with E-state index >= 15 is 0 Å². The van der Waals surface area contributed by atoms with Crippen molar-refractivity contribution in [2.45, 2.75) is 11.8 Å². The molecule has 3 heterocycles. The summed E-state index contributed by atoms with van der Waals surface area (Å²) in [5, 5.41) is 0. The SMILES string of the molecule is Cc1ccc(-n2ccnc2N2CCN(C(=O)c3ccc(S(=O)(=O)N4CCOCC4)cc3)CC2)cc1. The van der Waals surface area contributed by atoms with Crippen LogP contribution in [-0.4, -0.2) is 85.6 Å². The Labute approximate surface area is 205 Å². The Kier molecular flexibility index (Phi) is 6.59. The summed E-state index contributed by atoms with van der Waals surface area (Å²) in [4.78, 5) is 21.8. The number of ether oxygens (including phenoxy) is 1. The molecular formula is C25H29N5O4S. The van der Waals surface area contributed by atoms with E-state index in [-0.39, 0.29) is 10.8 Å². The van der Waals surface area contributed by atoms with Gasteiger partial charge >= 0.3 is 0 Å². The van der Waals surface area contributed by atoms with Crippen molar-refractivity contribution < 1.29 is 17.9 Å². The Hall–Kier alpha value is -3.21. The Morgan fingerprint density at radius 2 is 1.54 bits per heavy atom. The molecule has 3 aromatic rings. The monoisotopic (exact) mass is 495 g/mol. The quantitative estimate of drug-likeness (QED) is 0.539. The fourth-order valence-electron chi connectivity index (χ4n) is 4.43. The third-order valence-electron chi connectivity index (χ3n) is 6.49. The molecule has 0 atom stereocenters. The second-order valence-corrected chi connectivity index (χ2v) is 10.7. The number of carbonyl (C=O) groups is 1. The molecule has 2 aliphatic rings. The Morgan fingerprint density at radius 3 is 2.20 bits per heavy atom. The lowest BCUT2D eigenvalue weighted by Gasteiger charge is -2.35. The summed E-state index contributed by atoms with van der Waals surface area (Å²) in [5.74, 6) is 0.764. The maximum atomic E-state index is 13.1. The standard InChI is InChI=1S/C25H29N5O4S/c1-20-2-6-22(7-3-20)30-11-10-26-25(30)28-14-12-27(13-15-28)24(31)21-4-8-23(9-5-21)35(32,33)29-16-18-34-19-17-29/h2-11H,12-19H2,1H3. The Bertz CT molecular complexity index is 1270. The minimum Gasteiger partial charge on any atom is -0.379 e. The van der Waals surface area contributed by atoms with Gasteiger partial charge in [-0.1, -0.05) is 17.7 Å². The lowest BCUT2D eigenvalue weighted by atomic mass is 10.2. The molecule has 0 radical (unpaired) electrons. The van der Waals surface area contributed by atoms with Gasteiger partial charge in [0.2, 0.25) is 16.0 Å². The van der Waals surface area contributed by atoms with Gasteiger partial charge in [0.25, 0.3) is 5.91 Å². The average molecular weight is 496 g/mol. The van der Waals surface area contributed by atoms with Crippen molar-refractivity contribution in [3.05, 3.63) is 72.1 Å². The first kappa shape index (κ1) is 23.5. The molecule has 2 aliphatic heterocycles. The summed E-state index contributed by atoms with van der Waals surface area (Å²) < 4.78 is 34.4. The molecule has 1 amide bonds. The predicted molar refractivity (Wildman–Crippen MR) is 132 cm³/mol. The van der Waals surface area contributed by atoms with Crippen LogP contribution in [0.5, 0.6) is 0 Å². The number of benzene rings is 2. The van der Waals surface area contributed by atoms with Crippen LogP contribution >= 0.6 is 0 Å². The molecule has 0 bridgehead atoms. The number of hydrogen-bond donors (Lipinski definition) is 0. The first-order valence-corrected chi connectivity index (χ1v) is 13.2. The molecule has 0 saturated carbocycles. The summed E-state index contributed by atoms with van der Waals surface area (Å²) in [5.41, 5.74) is 2.74. The van der Waals surface area contributed by atoms with Gasteiger partial charge in [0.1, 0.15) is 0 Å². The minimum absolute atomic E-state index is 0.0955. The maximum absolute atomic E-state index is 13.1. The van der Waals surface area contributed by atoms with E-state index in [1.165, 1.54) is 22.0 Å². The van der Waals surface area contributed by atoms with Gasteiger partial charge in [-0.25, -0.2) is 13.4 Å². The number of aryl methyl sites for hydroxylation is 1. The molecule has 184 valence electrons. The van der Waals surface area contributed by atoms with Crippen LogP contribution in [0.3, 0.4) is 0 Å². The first-order chi connectivity index (χ1) is 16.9. The van der Waals surface area contributed by atoms with Crippen molar-refractivity contribution in [2.24, 2.45) is 0 Å². The number of piperazine rings is 1. The van der Waals surface area contributed by atoms with Gasteiger partial charge in [-0.2, -0.15) is 4.31 Å². The van der Waals surface area contributed by atoms with Crippen LogP contribution in [0.2, 0.25) is 0 Å². The number of rotatable bonds is 5. The topological polar surface area (TPSA) is 88.0 Å². The van der Waals surface area contributed by atoms with Crippen LogP contribution in [0.4, 0.5) is 5.95 Å². The second-order valence-electron chi connectivity index (χ2n) is 8.75. The molecule has 0 spiro atoms. The van der Waals surface area contributed by atoms with Gasteiger partial charge in [0.15, 0.2) is 0 Å². The molecule has 35 heavy (non-hydrogen) atoms. The molecule has 1 aromatic heterocycles. The molecule has 5 rings (SSSR count). The average Bonchev–Trinajstić information content (AvgIpc) is 3.39. The van der Waals surface area contributed by atoms with E-state index in [9.17, 15) is 13.2 Å². The molecule has 2 saturated heterocycles. The molecule has 9 nitrogen and oxygen atoms in total. The fraction of sp³-hybridized carbons (Fsp3) is 0.360. The number of imidazole rings is 1. The summed E-state index contributed by atoms with van der Waals surface area (Å²) in [6.45, 7) is 5.99. The molecule has 2 fully saturated rings. The summed E-state index contributed by atoms with van der Waals surface area (Å²) in [6.07, 6.45) is 3.74. The molecule has 0 unspecified atom stereocenters. The third-order valence-corrected chi connectivity index (χ3v) is 8.41. The summed E-state index contributed by atoms with van der Waals surface area (Å²) in [6, 6.07) is 14.5. The van der Waals surface area contributed by atoms with Crippen molar-refractivity contribution in [1.29, 1.82) is 0 Å². The fourth-order valence-corrected chi connectivity index (χ4v) is 5.84. The maximum Gasteiger partial charge on any atom is 0.253 e. The van der Waals surface area contributed by atoms with Crippen molar-refractivity contribution in [3.63, 3.8) is 0 Å². The van der Waals surface area contributed by atoms with Crippen LogP contribution in [0.25, 0.3) is 5.69 Å². The zero-order valence-electron chi connectivity index (χ0n) is 19.7. The van der Waals surface area contributed by atoms with E-state index in [1.807, 2.05) is 6.20 Å². The number of hydrogen-bond acceptors (Lipinski definition) is 6. The normalized spacial score (nSPS) is 17.5. The highest BCUT2D eigenvalue weighted by Crippen LogP contribution is 2.22. The van der Waals surface area contributed by atoms with Crippen LogP contribution in [0.1, 0.15) is 15.9 Å². The van der Waals surface area contributed by atoms with E-state index in [0.29, 0.717) is 58.0 Å². The number of nitrogens with zero attached hydrogens (tertiary/aromatic N) is 5. The molecule has 2 aromatic carbocycles. The third kappa shape index (κ3) is 4.82. The largest absolute Gasteiger partial charge is 0.379 e. The predicted octanol–water partition coefficient (Wildman–Crippen LogP) is 2.16. The summed E-state index contributed by atoms with van der Waals surface area (Å²) in [7, 11) is -3.58. The Morgan fingerprint density at radius 1 is 0.886 bits per heavy atom. The van der Waals surface area contributed by atoms with E-state index in [0.717, 1.165) is 11.6 Å². The Balaban J connectivity index is 1.23. The lowest BCUT2D eigenvalue weighted by Crippen LogP contribution is -2.49. The highest BCUT2D eigenvalue weighted by atomic mass is 32.2. The summed E-state index contributed by atoms with van der Waals surface area (Å²) >= 11 is 0. The first-order valence-electron chi connectivity index (χ1n) is 11.8. The van der Waals surface area contributed by atoms with Gasteiger partial charge in [0, 0.05) is 62.9 Å². The van der Waals surface area contributed by atoms with Gasteiger partial charge in [-0.3, -0.25) is 9.36 Å². The zero-order chi connectivity index (χ0) is 24.4. The van der Waals surface area contributed by atoms with Gasteiger partial charge < -0.3 is 14.5 Å². The number of carbonyl (C=O) groups excluding carboxylic acids is 1. The smallest absolute Gasteiger partial charge is 0.253 e. The van der Waals surface area contributed by atoms with Crippen LogP contribution in [-0.2, 0) is 14.8 Å². The van der Waals surface area contributed by atoms with Gasteiger partial charge in [-0.05, 0) is 43.3 Å². The lowest BCUT2D eigenvalue weighted by molar-refractivity contribution is 0.0730. The number of amides is 1. The number of morpholine rings is 1. The van der Waals surface area contributed by atoms with Crippen molar-refractivity contribution in [2.75, 3.05) is 57.4 Å². The number of anilines is 1. The molecule has 0 N–H and O–H groups in total. The van der Waals surface area contributed by atoms with Crippen molar-refractivity contribution in [1.82, 2.24) is 18.8 Å². The van der Waals surface area contributed by atoms with Crippen LogP contribution < -0.4 is 4.90 Å². The van der Waals surface area contributed by atoms with Crippen molar-refractivity contribution >= 4 is 21.9 Å². The second kappa shape index (κ2) is 9.80. The van der Waals surface area contributed by atoms with E-state index in [2.05, 4.69) is 45.6 Å². The van der Waals surface area contributed by atoms with E-state index < -0.39 is 10.0 Å². The highest BCUT2D eigenvalue weighted by Gasteiger charge is 2.28. The van der Waals surface area contributed by atoms with Gasteiger partial charge in [-0.15, -0.1) is 0 Å². The molecule has 10 heteroatoms.